The van der Waals surface area contributed by atoms with Crippen LogP contribution in [-0.4, -0.2) is 24.3 Å². The number of thiophene rings is 1. The molecule has 0 atom stereocenters. The van der Waals surface area contributed by atoms with Gasteiger partial charge in [-0.15, -0.1) is 10.2 Å². The number of hydrazone groups is 2. The van der Waals surface area contributed by atoms with E-state index in [1.807, 2.05) is 10.8 Å². The molecule has 9 heteroatoms. The van der Waals surface area contributed by atoms with Crippen LogP contribution in [0.2, 0.25) is 0 Å². The molecule has 10 N–H and O–H groups in total. The number of guanidine groups is 2. The van der Waals surface area contributed by atoms with Crippen molar-refractivity contribution < 1.29 is 10.2 Å². The molecule has 0 aliphatic carbocycles. The highest BCUT2D eigenvalue weighted by Gasteiger charge is 2.04. The van der Waals surface area contributed by atoms with Crippen molar-refractivity contribution in [2.75, 3.05) is 0 Å². The summed E-state index contributed by atoms with van der Waals surface area (Å²) in [5.41, 5.74) is 22.5. The summed E-state index contributed by atoms with van der Waals surface area (Å²) in [5, 5.41) is 16.3. The Hall–Kier alpha value is -2.42. The van der Waals surface area contributed by atoms with E-state index in [4.69, 9.17) is 22.9 Å². The van der Waals surface area contributed by atoms with Gasteiger partial charge in [-0.25, -0.2) is 0 Å². The van der Waals surface area contributed by atoms with E-state index in [2.05, 4.69) is 20.4 Å². The topological polar surface area (TPSA) is 157 Å². The average Bonchev–Trinajstić information content (AvgIpc) is 2.65. The largest absolute Gasteiger partial charge is 0.365 e. The zero-order chi connectivity index (χ0) is 12.7. The smallest absolute Gasteiger partial charge is 0.256 e. The normalized spacial score (nSPS) is 10.8. The molecule has 90 valence electrons. The van der Waals surface area contributed by atoms with Gasteiger partial charge in [0, 0.05) is 21.0 Å². The Kier molecular flexibility index (Phi) is 4.63. The summed E-state index contributed by atoms with van der Waals surface area (Å²) in [6.07, 6.45) is 3.30. The van der Waals surface area contributed by atoms with E-state index < -0.39 is 0 Å². The summed E-state index contributed by atoms with van der Waals surface area (Å²) in [7, 11) is 0. The molecule has 1 rings (SSSR count). The minimum atomic E-state index is -0.0411. The first-order valence-corrected chi connectivity index (χ1v) is 5.45. The summed E-state index contributed by atoms with van der Waals surface area (Å²) in [6, 6.07) is 0. The number of hydrogen-bond donors (Lipinski definition) is 6. The third-order valence-electron chi connectivity index (χ3n) is 1.55. The summed E-state index contributed by atoms with van der Waals surface area (Å²) in [4.78, 5) is 0. The molecule has 1 aromatic rings. The zero-order valence-electron chi connectivity index (χ0n) is 8.92. The number of hydrogen-bond acceptors (Lipinski definition) is 3. The van der Waals surface area contributed by atoms with E-state index in [1.54, 1.807) is 12.4 Å². The van der Waals surface area contributed by atoms with Crippen molar-refractivity contribution >= 4 is 35.7 Å². The summed E-state index contributed by atoms with van der Waals surface area (Å²) >= 11 is 1.52. The van der Waals surface area contributed by atoms with Crippen LogP contribution >= 0.6 is 11.3 Å². The van der Waals surface area contributed by atoms with Crippen LogP contribution in [0.4, 0.5) is 0 Å². The predicted octanol–water partition coefficient (Wildman–Crippen LogP) is -4.88. The molecule has 0 amide bonds. The van der Waals surface area contributed by atoms with Gasteiger partial charge in [0.25, 0.3) is 11.9 Å². The molecule has 0 bridgehead atoms. The molecule has 0 saturated heterocycles. The fourth-order valence-corrected chi connectivity index (χ4v) is 1.67. The van der Waals surface area contributed by atoms with Crippen molar-refractivity contribution in [3.63, 3.8) is 0 Å². The molecule has 0 radical (unpaired) electrons. The molecule has 0 fully saturated rings. The van der Waals surface area contributed by atoms with Gasteiger partial charge in [-0.2, -0.15) is 11.3 Å². The first kappa shape index (κ1) is 12.6. The number of nitrogens with two attached hydrogens (primary N) is 4. The Bertz CT molecular complexity index is 433. The van der Waals surface area contributed by atoms with Crippen LogP contribution in [0.3, 0.4) is 0 Å². The van der Waals surface area contributed by atoms with Gasteiger partial charge in [0.1, 0.15) is 0 Å². The quantitative estimate of drug-likeness (QED) is 0.181. The monoisotopic (exact) mass is 254 g/mol. The van der Waals surface area contributed by atoms with E-state index in [-0.39, 0.29) is 11.9 Å². The molecule has 0 aliphatic heterocycles. The summed E-state index contributed by atoms with van der Waals surface area (Å²) in [6.45, 7) is 0. The van der Waals surface area contributed by atoms with Crippen molar-refractivity contribution in [3.8, 4) is 0 Å². The molecule has 0 aromatic carbocycles. The predicted molar refractivity (Wildman–Crippen MR) is 68.2 cm³/mol. The van der Waals surface area contributed by atoms with E-state index in [9.17, 15) is 0 Å². The standard InChI is InChI=1S/C8H12N8S/c9-7(10)15-13-1-5-3-17-4-6(5)2-14-16-8(11)12/h1-4H,(H4,9,10,15)(H4,11,12,16)/p+2/b13-1+,14-2+. The Balaban J connectivity index is 2.79. The fraction of sp³-hybridized carbons (Fsp3) is 0. The van der Waals surface area contributed by atoms with Gasteiger partial charge in [0.05, 0.1) is 11.1 Å². The van der Waals surface area contributed by atoms with Gasteiger partial charge in [-0.05, 0) is 0 Å². The first-order chi connectivity index (χ1) is 8.09. The Labute approximate surface area is 101 Å². The molecular formula is C8H14N8S+2. The SMILES string of the molecule is NC(N)=N/[NH+]=C/c1cscc1/C=[NH+]/N=C(N)N. The van der Waals surface area contributed by atoms with Crippen LogP contribution in [0.25, 0.3) is 0 Å². The van der Waals surface area contributed by atoms with Crippen molar-refractivity contribution in [1.82, 2.24) is 0 Å². The molecule has 0 spiro atoms. The van der Waals surface area contributed by atoms with E-state index in [0.29, 0.717) is 0 Å². The third kappa shape index (κ3) is 4.75. The molecule has 1 heterocycles. The fourth-order valence-electron chi connectivity index (χ4n) is 0.904. The average molecular weight is 254 g/mol. The Morgan fingerprint density at radius 2 is 1.35 bits per heavy atom. The highest BCUT2D eigenvalue weighted by Crippen LogP contribution is 2.08. The second-order valence-corrected chi connectivity index (χ2v) is 3.65. The molecule has 8 nitrogen and oxygen atoms in total. The van der Waals surface area contributed by atoms with Crippen LogP contribution in [-0.2, 0) is 0 Å². The third-order valence-corrected chi connectivity index (χ3v) is 2.33. The second kappa shape index (κ2) is 6.23. The summed E-state index contributed by atoms with van der Waals surface area (Å²) < 4.78 is 0. The minimum Gasteiger partial charge on any atom is -0.365 e. The molecule has 0 aliphatic rings. The molecule has 1 aromatic heterocycles. The van der Waals surface area contributed by atoms with Crippen molar-refractivity contribution in [1.29, 1.82) is 0 Å². The van der Waals surface area contributed by atoms with Crippen molar-refractivity contribution in [2.45, 2.75) is 0 Å². The lowest BCUT2D eigenvalue weighted by molar-refractivity contribution is -0.457. The molecule has 17 heavy (non-hydrogen) atoms. The minimum absolute atomic E-state index is 0.0411. The lowest BCUT2D eigenvalue weighted by Crippen LogP contribution is -2.65. The van der Waals surface area contributed by atoms with Gasteiger partial charge >= 0.3 is 0 Å². The van der Waals surface area contributed by atoms with E-state index in [1.165, 1.54) is 11.3 Å². The van der Waals surface area contributed by atoms with Crippen molar-refractivity contribution in [3.05, 3.63) is 21.9 Å². The van der Waals surface area contributed by atoms with E-state index in [0.717, 1.165) is 11.1 Å². The first-order valence-electron chi connectivity index (χ1n) is 4.50. The van der Waals surface area contributed by atoms with Crippen LogP contribution in [0.1, 0.15) is 11.1 Å². The molecular weight excluding hydrogens is 240 g/mol. The van der Waals surface area contributed by atoms with Gasteiger partial charge in [-0.1, -0.05) is 0 Å². The lowest BCUT2D eigenvalue weighted by Gasteiger charge is -1.82. The number of nitrogens with zero attached hydrogens (tertiary/aromatic N) is 2. The lowest BCUT2D eigenvalue weighted by atomic mass is 10.2. The van der Waals surface area contributed by atoms with Gasteiger partial charge in [0.2, 0.25) is 12.4 Å². The van der Waals surface area contributed by atoms with Crippen LogP contribution in [0.15, 0.2) is 21.0 Å². The van der Waals surface area contributed by atoms with Crippen LogP contribution in [0.5, 0.6) is 0 Å². The zero-order valence-corrected chi connectivity index (χ0v) is 9.74. The van der Waals surface area contributed by atoms with Crippen molar-refractivity contribution in [2.24, 2.45) is 33.1 Å². The highest BCUT2D eigenvalue weighted by molar-refractivity contribution is 7.08. The number of rotatable bonds is 4. The summed E-state index contributed by atoms with van der Waals surface area (Å²) in [5.74, 6) is -0.0821. The second-order valence-electron chi connectivity index (χ2n) is 2.90. The van der Waals surface area contributed by atoms with Crippen LogP contribution in [0, 0.1) is 0 Å². The Morgan fingerprint density at radius 1 is 0.941 bits per heavy atom. The Morgan fingerprint density at radius 3 is 1.71 bits per heavy atom. The molecule has 0 saturated carbocycles. The maximum Gasteiger partial charge on any atom is 0.256 e. The van der Waals surface area contributed by atoms with Gasteiger partial charge in [-0.3, -0.25) is 0 Å². The molecule has 0 unspecified atom stereocenters. The highest BCUT2D eigenvalue weighted by atomic mass is 32.1. The van der Waals surface area contributed by atoms with Gasteiger partial charge in [0.15, 0.2) is 0 Å². The maximum absolute atomic E-state index is 5.17. The van der Waals surface area contributed by atoms with E-state index >= 15 is 0 Å². The van der Waals surface area contributed by atoms with Gasteiger partial charge < -0.3 is 22.9 Å². The van der Waals surface area contributed by atoms with Crippen LogP contribution < -0.4 is 33.1 Å². The maximum atomic E-state index is 5.17. The number of nitrogens with one attached hydrogen (secondary N) is 2.